The zero-order valence-electron chi connectivity index (χ0n) is 13.2. The van der Waals surface area contributed by atoms with Crippen LogP contribution in [0.2, 0.25) is 0 Å². The lowest BCUT2D eigenvalue weighted by atomic mass is 10.0. The molecule has 3 aromatic rings. The van der Waals surface area contributed by atoms with Crippen molar-refractivity contribution in [1.29, 1.82) is 0 Å². The van der Waals surface area contributed by atoms with Crippen molar-refractivity contribution in [3.63, 3.8) is 0 Å². The van der Waals surface area contributed by atoms with Crippen LogP contribution in [0.5, 0.6) is 0 Å². The zero-order chi connectivity index (χ0) is 17.6. The molecule has 25 heavy (non-hydrogen) atoms. The average molecular weight is 332 g/mol. The number of fused-ring (bicyclic) bond motifs is 2. The van der Waals surface area contributed by atoms with Gasteiger partial charge in [-0.05, 0) is 30.7 Å². The fourth-order valence-corrected chi connectivity index (χ4v) is 2.93. The van der Waals surface area contributed by atoms with Gasteiger partial charge in [0.15, 0.2) is 0 Å². The minimum absolute atomic E-state index is 0.0165. The first kappa shape index (κ1) is 15.0. The smallest absolute Gasteiger partial charge is 0.351 e. The number of pyridine rings is 1. The van der Waals surface area contributed by atoms with E-state index in [0.717, 1.165) is 16.5 Å². The Labute approximate surface area is 142 Å². The van der Waals surface area contributed by atoms with Gasteiger partial charge >= 0.3 is 5.97 Å². The Balaban J connectivity index is 1.88. The number of para-hydroxylation sites is 1. The van der Waals surface area contributed by atoms with E-state index in [1.165, 1.54) is 12.1 Å². The number of ether oxygens (including phenoxy) is 1. The molecule has 6 nitrogen and oxygen atoms in total. The lowest BCUT2D eigenvalue weighted by Crippen LogP contribution is -2.00. The Morgan fingerprint density at radius 2 is 1.96 bits per heavy atom. The number of carbonyl (C=O) groups excluding carboxylic acids is 1. The van der Waals surface area contributed by atoms with E-state index in [0.29, 0.717) is 11.3 Å². The zero-order valence-corrected chi connectivity index (χ0v) is 13.2. The van der Waals surface area contributed by atoms with Crippen LogP contribution < -0.4 is 0 Å². The van der Waals surface area contributed by atoms with Crippen LogP contribution in [0.4, 0.5) is 5.69 Å². The average Bonchev–Trinajstić information content (AvgIpc) is 2.91. The summed E-state index contributed by atoms with van der Waals surface area (Å²) in [6.07, 6.45) is 1.65. The predicted octanol–water partition coefficient (Wildman–Crippen LogP) is 4.12. The molecule has 1 aliphatic heterocycles. The summed E-state index contributed by atoms with van der Waals surface area (Å²) < 4.78 is 5.27. The predicted molar refractivity (Wildman–Crippen MR) is 92.9 cm³/mol. The van der Waals surface area contributed by atoms with E-state index < -0.39 is 10.9 Å². The molecule has 0 radical (unpaired) electrons. The third-order valence-corrected chi connectivity index (χ3v) is 4.13. The number of aromatic nitrogens is 1. The molecule has 0 N–H and O–H groups in total. The third-order valence-electron chi connectivity index (χ3n) is 4.13. The van der Waals surface area contributed by atoms with Gasteiger partial charge in [-0.25, -0.2) is 9.78 Å². The number of nitrogens with zero attached hydrogens (tertiary/aromatic N) is 2. The highest BCUT2D eigenvalue weighted by molar-refractivity contribution is 6.08. The topological polar surface area (TPSA) is 82.3 Å². The van der Waals surface area contributed by atoms with E-state index in [1.54, 1.807) is 12.1 Å². The molecular weight excluding hydrogens is 320 g/mol. The highest BCUT2D eigenvalue weighted by atomic mass is 16.6. The van der Waals surface area contributed by atoms with Crippen molar-refractivity contribution in [2.24, 2.45) is 0 Å². The maximum absolute atomic E-state index is 12.1. The van der Waals surface area contributed by atoms with Gasteiger partial charge in [0, 0.05) is 23.1 Å². The maximum atomic E-state index is 12.1. The van der Waals surface area contributed by atoms with Crippen molar-refractivity contribution in [3.05, 3.63) is 81.0 Å². The Bertz CT molecular complexity index is 1090. The summed E-state index contributed by atoms with van der Waals surface area (Å²) in [5.74, 6) is -0.443. The van der Waals surface area contributed by atoms with Gasteiger partial charge in [0.1, 0.15) is 11.3 Å². The van der Waals surface area contributed by atoms with E-state index in [2.05, 4.69) is 4.98 Å². The molecule has 0 bridgehead atoms. The molecule has 1 aliphatic rings. The summed E-state index contributed by atoms with van der Waals surface area (Å²) in [7, 11) is 0. The van der Waals surface area contributed by atoms with Crippen LogP contribution in [-0.4, -0.2) is 15.9 Å². The Morgan fingerprint density at radius 1 is 1.16 bits per heavy atom. The highest BCUT2D eigenvalue weighted by Crippen LogP contribution is 2.36. The number of nitro groups is 1. The summed E-state index contributed by atoms with van der Waals surface area (Å²) in [6, 6.07) is 14.2. The monoisotopic (exact) mass is 332 g/mol. The summed E-state index contributed by atoms with van der Waals surface area (Å²) in [4.78, 5) is 27.2. The molecule has 0 saturated heterocycles. The molecule has 0 unspecified atom stereocenters. The van der Waals surface area contributed by atoms with Gasteiger partial charge in [-0.15, -0.1) is 0 Å². The Hall–Kier alpha value is -3.54. The van der Waals surface area contributed by atoms with Crippen molar-refractivity contribution in [2.45, 2.75) is 6.92 Å². The van der Waals surface area contributed by atoms with E-state index in [9.17, 15) is 14.9 Å². The molecule has 1 aromatic heterocycles. The molecule has 0 atom stereocenters. The molecule has 0 spiro atoms. The van der Waals surface area contributed by atoms with Crippen LogP contribution in [0.15, 0.2) is 48.5 Å². The first-order valence-electron chi connectivity index (χ1n) is 7.62. The minimum atomic E-state index is -0.716. The standard InChI is InChI=1S/C19H12N2O4/c1-11-9-12-5-2-3-7-14(12)20-15(11)10-17-13-6-4-8-16(21(23)24)18(13)19(22)25-17/h2-10H,1H3/b17-10+. The van der Waals surface area contributed by atoms with Crippen LogP contribution in [0.3, 0.4) is 0 Å². The fraction of sp³-hybridized carbons (Fsp3) is 0.0526. The summed E-state index contributed by atoms with van der Waals surface area (Å²) >= 11 is 0. The number of carbonyl (C=O) groups is 1. The van der Waals surface area contributed by atoms with Crippen LogP contribution in [0.1, 0.15) is 27.2 Å². The van der Waals surface area contributed by atoms with Crippen molar-refractivity contribution < 1.29 is 14.5 Å². The summed E-state index contributed by atoms with van der Waals surface area (Å²) in [5.41, 5.74) is 2.53. The van der Waals surface area contributed by atoms with Crippen LogP contribution in [-0.2, 0) is 4.74 Å². The number of hydrogen-bond donors (Lipinski definition) is 0. The SMILES string of the molecule is Cc1cc2ccccc2nc1/C=C1/OC(=O)c2c1cccc2[N+](=O)[O-]. The van der Waals surface area contributed by atoms with Gasteiger partial charge in [-0.1, -0.05) is 24.3 Å². The number of esters is 1. The summed E-state index contributed by atoms with van der Waals surface area (Å²) in [5, 5.41) is 12.2. The molecule has 2 heterocycles. The first-order chi connectivity index (χ1) is 12.0. The lowest BCUT2D eigenvalue weighted by molar-refractivity contribution is -0.385. The van der Waals surface area contributed by atoms with Crippen molar-refractivity contribution in [2.75, 3.05) is 0 Å². The highest BCUT2D eigenvalue weighted by Gasteiger charge is 2.34. The van der Waals surface area contributed by atoms with Crippen LogP contribution in [0.25, 0.3) is 22.7 Å². The molecule has 0 fully saturated rings. The minimum Gasteiger partial charge on any atom is -0.422 e. The Kier molecular flexibility index (Phi) is 3.32. The number of nitro benzene ring substituents is 1. The molecule has 4 rings (SSSR count). The lowest BCUT2D eigenvalue weighted by Gasteiger charge is -2.05. The second-order valence-electron chi connectivity index (χ2n) is 5.74. The maximum Gasteiger partial charge on any atom is 0.351 e. The van der Waals surface area contributed by atoms with Gasteiger partial charge in [-0.2, -0.15) is 0 Å². The Morgan fingerprint density at radius 3 is 2.76 bits per heavy atom. The molecule has 0 amide bonds. The number of aryl methyl sites for hydroxylation is 1. The summed E-state index contributed by atoms with van der Waals surface area (Å²) in [6.45, 7) is 1.91. The number of benzene rings is 2. The van der Waals surface area contributed by atoms with E-state index in [-0.39, 0.29) is 17.0 Å². The van der Waals surface area contributed by atoms with Gasteiger partial charge in [0.25, 0.3) is 5.69 Å². The van der Waals surface area contributed by atoms with Gasteiger partial charge in [0.2, 0.25) is 0 Å². The molecule has 0 saturated carbocycles. The van der Waals surface area contributed by atoms with Crippen LogP contribution >= 0.6 is 0 Å². The molecule has 0 aliphatic carbocycles. The number of rotatable bonds is 2. The number of cyclic esters (lactones) is 1. The first-order valence-corrected chi connectivity index (χ1v) is 7.62. The fourth-order valence-electron chi connectivity index (χ4n) is 2.93. The largest absolute Gasteiger partial charge is 0.422 e. The van der Waals surface area contributed by atoms with Gasteiger partial charge in [0.05, 0.1) is 16.1 Å². The van der Waals surface area contributed by atoms with E-state index in [4.69, 9.17) is 4.74 Å². The van der Waals surface area contributed by atoms with E-state index in [1.807, 2.05) is 37.3 Å². The molecule has 6 heteroatoms. The number of hydrogen-bond acceptors (Lipinski definition) is 5. The molecule has 122 valence electrons. The quantitative estimate of drug-likeness (QED) is 0.400. The molecule has 2 aromatic carbocycles. The third kappa shape index (κ3) is 2.44. The van der Waals surface area contributed by atoms with Gasteiger partial charge < -0.3 is 4.74 Å². The molecular formula is C19H12N2O4. The second-order valence-corrected chi connectivity index (χ2v) is 5.74. The van der Waals surface area contributed by atoms with Gasteiger partial charge in [-0.3, -0.25) is 10.1 Å². The normalized spacial score (nSPS) is 14.6. The van der Waals surface area contributed by atoms with Crippen LogP contribution in [0, 0.1) is 17.0 Å². The van der Waals surface area contributed by atoms with Crippen molar-refractivity contribution >= 4 is 34.4 Å². The van der Waals surface area contributed by atoms with E-state index >= 15 is 0 Å². The van der Waals surface area contributed by atoms with Crippen molar-refractivity contribution in [3.8, 4) is 0 Å². The van der Waals surface area contributed by atoms with Crippen molar-refractivity contribution in [1.82, 2.24) is 4.98 Å². The second kappa shape index (κ2) is 5.52.